The summed E-state index contributed by atoms with van der Waals surface area (Å²) in [6, 6.07) is 3.64. The summed E-state index contributed by atoms with van der Waals surface area (Å²) in [5, 5.41) is 0. The summed E-state index contributed by atoms with van der Waals surface area (Å²) in [5.41, 5.74) is 1.72. The topological polar surface area (TPSA) is 22.1 Å². The fraction of sp³-hybridized carbons (Fsp3) is 0.722. The van der Waals surface area contributed by atoms with Crippen LogP contribution in [0.25, 0.3) is 0 Å². The van der Waals surface area contributed by atoms with Gasteiger partial charge in [0.2, 0.25) is 0 Å². The number of hydrogen-bond acceptors (Lipinski definition) is 2. The van der Waals surface area contributed by atoms with Crippen LogP contribution in [0.15, 0.2) is 12.1 Å². The third-order valence-corrected chi connectivity index (χ3v) is 3.49. The Morgan fingerprint density at radius 2 is 1.35 bits per heavy atom. The third-order valence-electron chi connectivity index (χ3n) is 3.49. The molecule has 0 saturated heterocycles. The van der Waals surface area contributed by atoms with E-state index >= 15 is 0 Å². The van der Waals surface area contributed by atoms with Crippen molar-refractivity contribution in [2.24, 2.45) is 5.92 Å². The van der Waals surface area contributed by atoms with Gasteiger partial charge in [-0.15, -0.1) is 0 Å². The molecule has 1 aliphatic rings. The van der Waals surface area contributed by atoms with Crippen molar-refractivity contribution in [2.45, 2.75) is 79.5 Å². The predicted molar refractivity (Wildman–Crippen MR) is 88.8 cm³/mol. The van der Waals surface area contributed by atoms with E-state index in [-0.39, 0.29) is 18.9 Å². The molecule has 0 aliphatic heterocycles. The Hall–Kier alpha value is -1.26. The number of pyridine rings is 1. The second-order valence-electron chi connectivity index (χ2n) is 5.22. The summed E-state index contributed by atoms with van der Waals surface area (Å²) in [4.78, 5) is 4.24. The molecule has 1 heterocycles. The Morgan fingerprint density at radius 3 is 1.74 bits per heavy atom. The zero-order chi connectivity index (χ0) is 18.0. The number of ether oxygens (including phenoxy) is 1. The minimum atomic E-state index is -4.06. The van der Waals surface area contributed by atoms with Gasteiger partial charge in [0.1, 0.15) is 5.75 Å². The van der Waals surface area contributed by atoms with E-state index in [1.807, 2.05) is 53.7 Å². The first-order valence-electron chi connectivity index (χ1n) is 8.53. The number of aryl methyl sites for hydroxylation is 2. The molecule has 1 fully saturated rings. The first kappa shape index (κ1) is 21.7. The first-order chi connectivity index (χ1) is 10.8. The zero-order valence-corrected chi connectivity index (χ0v) is 15.1. The molecule has 1 aliphatic carbocycles. The van der Waals surface area contributed by atoms with Gasteiger partial charge in [0.25, 0.3) is 0 Å². The summed E-state index contributed by atoms with van der Waals surface area (Å²) in [5.74, 6) is -0.450. The highest BCUT2D eigenvalue weighted by Gasteiger charge is 2.41. The molecule has 23 heavy (non-hydrogen) atoms. The van der Waals surface area contributed by atoms with Gasteiger partial charge >= 0.3 is 6.18 Å². The first-order valence-corrected chi connectivity index (χ1v) is 8.53. The molecule has 1 aromatic rings. The molecular formula is C18H30F3NO. The monoisotopic (exact) mass is 333 g/mol. The van der Waals surface area contributed by atoms with Crippen LogP contribution in [0, 0.1) is 19.8 Å². The van der Waals surface area contributed by atoms with E-state index in [9.17, 15) is 13.2 Å². The second-order valence-corrected chi connectivity index (χ2v) is 5.22. The lowest BCUT2D eigenvalue weighted by Gasteiger charge is -2.30. The van der Waals surface area contributed by atoms with E-state index in [0.717, 1.165) is 11.4 Å². The van der Waals surface area contributed by atoms with Crippen molar-refractivity contribution in [2.75, 3.05) is 0 Å². The fourth-order valence-corrected chi connectivity index (χ4v) is 2.56. The van der Waals surface area contributed by atoms with Crippen molar-refractivity contribution in [3.63, 3.8) is 0 Å². The second kappa shape index (κ2) is 10.5. The molecule has 134 valence electrons. The van der Waals surface area contributed by atoms with E-state index < -0.39 is 12.1 Å². The van der Waals surface area contributed by atoms with Crippen molar-refractivity contribution in [3.05, 3.63) is 23.5 Å². The Labute approximate surface area is 138 Å². The van der Waals surface area contributed by atoms with Crippen LogP contribution < -0.4 is 4.74 Å². The average molecular weight is 333 g/mol. The smallest absolute Gasteiger partial charge is 0.391 e. The van der Waals surface area contributed by atoms with Crippen molar-refractivity contribution in [1.29, 1.82) is 0 Å². The maximum atomic E-state index is 12.6. The molecule has 0 bridgehead atoms. The molecule has 2 rings (SSSR count). The van der Waals surface area contributed by atoms with Crippen molar-refractivity contribution in [1.82, 2.24) is 4.98 Å². The van der Waals surface area contributed by atoms with Crippen LogP contribution in [0.3, 0.4) is 0 Å². The zero-order valence-electron chi connectivity index (χ0n) is 15.1. The minimum Gasteiger partial charge on any atom is -0.490 e. The van der Waals surface area contributed by atoms with Gasteiger partial charge in [-0.3, -0.25) is 4.98 Å². The largest absolute Gasteiger partial charge is 0.490 e. The van der Waals surface area contributed by atoms with E-state index in [4.69, 9.17) is 4.74 Å². The number of nitrogens with zero attached hydrogens (tertiary/aromatic N) is 1. The van der Waals surface area contributed by atoms with Crippen LogP contribution in [-0.2, 0) is 0 Å². The average Bonchev–Trinajstić information content (AvgIpc) is 2.50. The maximum Gasteiger partial charge on any atom is 0.391 e. The Morgan fingerprint density at radius 1 is 0.913 bits per heavy atom. The molecule has 1 saturated carbocycles. The lowest BCUT2D eigenvalue weighted by atomic mass is 9.87. The van der Waals surface area contributed by atoms with E-state index in [1.165, 1.54) is 0 Å². The van der Waals surface area contributed by atoms with Gasteiger partial charge in [0.15, 0.2) is 0 Å². The molecule has 0 spiro atoms. The van der Waals surface area contributed by atoms with E-state index in [1.54, 1.807) is 0 Å². The molecule has 2 nitrogen and oxygen atoms in total. The van der Waals surface area contributed by atoms with E-state index in [0.29, 0.717) is 18.6 Å². The summed E-state index contributed by atoms with van der Waals surface area (Å²) in [6.07, 6.45) is -2.92. The number of rotatable bonds is 2. The molecular weight excluding hydrogens is 303 g/mol. The SMILES string of the molecule is CC.CC.Cc1cc(OC2CCC(C(F)(F)F)CC2)cc(C)n1. The highest BCUT2D eigenvalue weighted by atomic mass is 19.4. The summed E-state index contributed by atoms with van der Waals surface area (Å²) in [6.45, 7) is 11.8. The van der Waals surface area contributed by atoms with Gasteiger partial charge in [-0.2, -0.15) is 13.2 Å². The van der Waals surface area contributed by atoms with Crippen LogP contribution in [0.2, 0.25) is 0 Å². The van der Waals surface area contributed by atoms with Crippen LogP contribution in [-0.4, -0.2) is 17.3 Å². The minimum absolute atomic E-state index is 0.111. The standard InChI is InChI=1S/C14H18F3NO.2C2H6/c1-9-7-13(8-10(2)18-9)19-12-5-3-11(4-6-12)14(15,16)17;2*1-2/h7-8,11-12H,3-6H2,1-2H3;2*1-2H3. The molecule has 0 radical (unpaired) electrons. The lowest BCUT2D eigenvalue weighted by molar-refractivity contribution is -0.185. The molecule has 0 N–H and O–H groups in total. The van der Waals surface area contributed by atoms with Crippen LogP contribution in [0.4, 0.5) is 13.2 Å². The van der Waals surface area contributed by atoms with Crippen molar-refractivity contribution >= 4 is 0 Å². The molecule has 1 aromatic heterocycles. The van der Waals surface area contributed by atoms with Gasteiger partial charge in [-0.1, -0.05) is 27.7 Å². The number of hydrogen-bond donors (Lipinski definition) is 0. The summed E-state index contributed by atoms with van der Waals surface area (Å²) in [7, 11) is 0. The van der Waals surface area contributed by atoms with Gasteiger partial charge < -0.3 is 4.74 Å². The molecule has 0 unspecified atom stereocenters. The predicted octanol–water partition coefficient (Wildman–Crippen LogP) is 6.25. The molecule has 0 aromatic carbocycles. The summed E-state index contributed by atoms with van der Waals surface area (Å²) < 4.78 is 43.4. The van der Waals surface area contributed by atoms with Gasteiger partial charge in [0.05, 0.1) is 12.0 Å². The summed E-state index contributed by atoms with van der Waals surface area (Å²) >= 11 is 0. The van der Waals surface area contributed by atoms with Gasteiger partial charge in [-0.25, -0.2) is 0 Å². The number of aromatic nitrogens is 1. The Kier molecular flexibility index (Phi) is 9.93. The molecule has 0 atom stereocenters. The Bertz CT molecular complexity index is 418. The van der Waals surface area contributed by atoms with Crippen LogP contribution in [0.1, 0.15) is 64.8 Å². The third kappa shape index (κ3) is 7.71. The normalized spacial score (nSPS) is 20.6. The highest BCUT2D eigenvalue weighted by molar-refractivity contribution is 5.26. The quantitative estimate of drug-likeness (QED) is 0.638. The van der Waals surface area contributed by atoms with Crippen molar-refractivity contribution < 1.29 is 17.9 Å². The fourth-order valence-electron chi connectivity index (χ4n) is 2.56. The van der Waals surface area contributed by atoms with Crippen LogP contribution >= 0.6 is 0 Å². The molecule has 5 heteroatoms. The van der Waals surface area contributed by atoms with Crippen LogP contribution in [0.5, 0.6) is 5.75 Å². The lowest BCUT2D eigenvalue weighted by Crippen LogP contribution is -2.31. The Balaban J connectivity index is 0.00000112. The number of halogens is 3. The van der Waals surface area contributed by atoms with E-state index in [2.05, 4.69) is 4.98 Å². The number of alkyl halides is 3. The highest BCUT2D eigenvalue weighted by Crippen LogP contribution is 2.38. The maximum absolute atomic E-state index is 12.6. The van der Waals surface area contributed by atoms with Gasteiger partial charge in [0, 0.05) is 23.5 Å². The molecule has 0 amide bonds. The van der Waals surface area contributed by atoms with Gasteiger partial charge in [-0.05, 0) is 39.5 Å². The van der Waals surface area contributed by atoms with Crippen molar-refractivity contribution in [3.8, 4) is 5.75 Å².